The van der Waals surface area contributed by atoms with Gasteiger partial charge in [0.05, 0.1) is 0 Å². The number of hydrogen-bond acceptors (Lipinski definition) is 6. The number of aromatic nitrogens is 4. The Balaban J connectivity index is 1.78. The Kier molecular flexibility index (Phi) is 3.62. The lowest BCUT2D eigenvalue weighted by Crippen LogP contribution is -1.99. The molecule has 6 nitrogen and oxygen atoms in total. The number of rotatable bonds is 3. The highest BCUT2D eigenvalue weighted by Crippen LogP contribution is 2.32. The molecule has 3 heterocycles. The average molecular weight is 336 g/mol. The van der Waals surface area contributed by atoms with Gasteiger partial charge in [-0.2, -0.15) is 0 Å². The lowest BCUT2D eigenvalue weighted by atomic mass is 10.2. The van der Waals surface area contributed by atoms with Crippen LogP contribution in [0.25, 0.3) is 22.4 Å². The van der Waals surface area contributed by atoms with Crippen LogP contribution < -0.4 is 5.63 Å². The molecule has 1 aromatic carbocycles. The van der Waals surface area contributed by atoms with Gasteiger partial charge in [-0.15, -0.1) is 10.2 Å². The summed E-state index contributed by atoms with van der Waals surface area (Å²) in [5.41, 5.74) is 1.11. The number of para-hydroxylation sites is 1. The Hall–Kier alpha value is -2.93. The molecule has 4 rings (SSSR count). The molecule has 0 atom stereocenters. The van der Waals surface area contributed by atoms with Gasteiger partial charge in [-0.25, -0.2) is 4.79 Å². The molecule has 4 aromatic rings. The summed E-state index contributed by atoms with van der Waals surface area (Å²) in [7, 11) is 1.89. The molecule has 0 fully saturated rings. The zero-order valence-electron chi connectivity index (χ0n) is 12.7. The monoisotopic (exact) mass is 336 g/mol. The quantitative estimate of drug-likeness (QED) is 0.535. The molecule has 0 aliphatic heterocycles. The van der Waals surface area contributed by atoms with E-state index in [9.17, 15) is 4.79 Å². The van der Waals surface area contributed by atoms with Crippen molar-refractivity contribution in [3.63, 3.8) is 0 Å². The first-order valence-electron chi connectivity index (χ1n) is 7.23. The van der Waals surface area contributed by atoms with Gasteiger partial charge < -0.3 is 8.98 Å². The average Bonchev–Trinajstić information content (AvgIpc) is 2.96. The van der Waals surface area contributed by atoms with Crippen molar-refractivity contribution in [1.29, 1.82) is 0 Å². The second-order valence-electron chi connectivity index (χ2n) is 5.13. The predicted molar refractivity (Wildman–Crippen MR) is 90.8 cm³/mol. The zero-order chi connectivity index (χ0) is 16.5. The van der Waals surface area contributed by atoms with E-state index >= 15 is 0 Å². The molecule has 0 unspecified atom stereocenters. The van der Waals surface area contributed by atoms with E-state index in [2.05, 4.69) is 15.2 Å². The fraction of sp³-hybridized carbons (Fsp3) is 0.0588. The molecule has 0 aliphatic carbocycles. The molecule has 7 heteroatoms. The van der Waals surface area contributed by atoms with E-state index < -0.39 is 0 Å². The van der Waals surface area contributed by atoms with Crippen molar-refractivity contribution in [2.24, 2.45) is 7.05 Å². The maximum atomic E-state index is 11.8. The molecule has 0 saturated carbocycles. The van der Waals surface area contributed by atoms with Gasteiger partial charge in [-0.3, -0.25) is 4.98 Å². The molecule has 0 aliphatic rings. The van der Waals surface area contributed by atoms with Crippen LogP contribution in [0.4, 0.5) is 0 Å². The third kappa shape index (κ3) is 2.59. The number of nitrogens with zero attached hydrogens (tertiary/aromatic N) is 4. The largest absolute Gasteiger partial charge is 0.423 e. The summed E-state index contributed by atoms with van der Waals surface area (Å²) in [5.74, 6) is 0.743. The lowest BCUT2D eigenvalue weighted by Gasteiger charge is -2.05. The highest BCUT2D eigenvalue weighted by Gasteiger charge is 2.14. The SMILES string of the molecule is Cn1c(Sc2cc(=O)oc3ccccc23)nnc1-c1ccncc1. The van der Waals surface area contributed by atoms with Crippen LogP contribution >= 0.6 is 11.8 Å². The summed E-state index contributed by atoms with van der Waals surface area (Å²) < 4.78 is 7.12. The summed E-state index contributed by atoms with van der Waals surface area (Å²) in [5, 5.41) is 10.1. The Labute approximate surface area is 141 Å². The summed E-state index contributed by atoms with van der Waals surface area (Å²) in [4.78, 5) is 16.6. The first-order chi connectivity index (χ1) is 11.7. The van der Waals surface area contributed by atoms with Gasteiger partial charge in [-0.05, 0) is 30.0 Å². The van der Waals surface area contributed by atoms with Crippen molar-refractivity contribution < 1.29 is 4.42 Å². The molecule has 0 N–H and O–H groups in total. The molecular formula is C17H12N4O2S. The molecular weight excluding hydrogens is 324 g/mol. The molecule has 3 aromatic heterocycles. The summed E-state index contributed by atoms with van der Waals surface area (Å²) in [6, 6.07) is 12.7. The normalized spacial score (nSPS) is 11.0. The minimum atomic E-state index is -0.382. The van der Waals surface area contributed by atoms with Crippen molar-refractivity contribution >= 4 is 22.7 Å². The Morgan fingerprint density at radius 2 is 1.88 bits per heavy atom. The fourth-order valence-electron chi connectivity index (χ4n) is 2.42. The third-order valence-corrected chi connectivity index (χ3v) is 4.68. The summed E-state index contributed by atoms with van der Waals surface area (Å²) >= 11 is 1.39. The van der Waals surface area contributed by atoms with Crippen LogP contribution in [0.5, 0.6) is 0 Å². The smallest absolute Gasteiger partial charge is 0.337 e. The Morgan fingerprint density at radius 3 is 2.71 bits per heavy atom. The molecule has 0 saturated heterocycles. The lowest BCUT2D eigenvalue weighted by molar-refractivity contribution is 0.557. The number of pyridine rings is 1. The van der Waals surface area contributed by atoms with Crippen molar-refractivity contribution in [3.8, 4) is 11.4 Å². The maximum Gasteiger partial charge on any atom is 0.337 e. The second kappa shape index (κ2) is 5.93. The highest BCUT2D eigenvalue weighted by molar-refractivity contribution is 7.99. The molecule has 0 amide bonds. The number of fused-ring (bicyclic) bond motifs is 1. The van der Waals surface area contributed by atoms with E-state index in [0.717, 1.165) is 21.7 Å². The van der Waals surface area contributed by atoms with Crippen LogP contribution in [0.3, 0.4) is 0 Å². The van der Waals surface area contributed by atoms with Crippen molar-refractivity contribution in [2.75, 3.05) is 0 Å². The molecule has 24 heavy (non-hydrogen) atoms. The van der Waals surface area contributed by atoms with Crippen LogP contribution in [0, 0.1) is 0 Å². The van der Waals surface area contributed by atoms with Gasteiger partial charge >= 0.3 is 5.63 Å². The van der Waals surface area contributed by atoms with Crippen LogP contribution in [-0.2, 0) is 7.05 Å². The zero-order valence-corrected chi connectivity index (χ0v) is 13.5. The Morgan fingerprint density at radius 1 is 1.08 bits per heavy atom. The highest BCUT2D eigenvalue weighted by atomic mass is 32.2. The van der Waals surface area contributed by atoms with Gasteiger partial charge in [-0.1, -0.05) is 18.2 Å². The number of benzene rings is 1. The van der Waals surface area contributed by atoms with Gasteiger partial charge in [0.25, 0.3) is 0 Å². The summed E-state index contributed by atoms with van der Waals surface area (Å²) in [6.45, 7) is 0. The van der Waals surface area contributed by atoms with Gasteiger partial charge in [0.1, 0.15) is 5.58 Å². The first kappa shape index (κ1) is 14.6. The summed E-state index contributed by atoms with van der Waals surface area (Å²) in [6.07, 6.45) is 3.43. The topological polar surface area (TPSA) is 73.8 Å². The van der Waals surface area contributed by atoms with Gasteiger partial charge in [0.2, 0.25) is 0 Å². The van der Waals surface area contributed by atoms with E-state index in [1.807, 2.05) is 41.9 Å². The van der Waals surface area contributed by atoms with E-state index in [1.54, 1.807) is 18.5 Å². The third-order valence-electron chi connectivity index (χ3n) is 3.59. The van der Waals surface area contributed by atoms with E-state index in [4.69, 9.17) is 4.42 Å². The Bertz CT molecular complexity index is 1070. The molecule has 0 radical (unpaired) electrons. The van der Waals surface area contributed by atoms with Crippen LogP contribution in [0.2, 0.25) is 0 Å². The van der Waals surface area contributed by atoms with E-state index in [0.29, 0.717) is 10.7 Å². The minimum Gasteiger partial charge on any atom is -0.423 e. The maximum absolute atomic E-state index is 11.8. The molecule has 0 spiro atoms. The predicted octanol–water partition coefficient (Wildman–Crippen LogP) is 3.13. The van der Waals surface area contributed by atoms with Gasteiger partial charge in [0.15, 0.2) is 11.0 Å². The van der Waals surface area contributed by atoms with Crippen molar-refractivity contribution in [3.05, 3.63) is 65.3 Å². The number of hydrogen-bond donors (Lipinski definition) is 0. The first-order valence-corrected chi connectivity index (χ1v) is 8.04. The second-order valence-corrected chi connectivity index (χ2v) is 6.14. The van der Waals surface area contributed by atoms with Crippen LogP contribution in [0.15, 0.2) is 74.1 Å². The van der Waals surface area contributed by atoms with Crippen molar-refractivity contribution in [2.45, 2.75) is 10.1 Å². The van der Waals surface area contributed by atoms with Crippen molar-refractivity contribution in [1.82, 2.24) is 19.7 Å². The molecule has 118 valence electrons. The minimum absolute atomic E-state index is 0.382. The van der Waals surface area contributed by atoms with Crippen LogP contribution in [-0.4, -0.2) is 19.7 Å². The molecule has 0 bridgehead atoms. The van der Waals surface area contributed by atoms with E-state index in [-0.39, 0.29) is 5.63 Å². The standard InChI is InChI=1S/C17H12N4O2S/c1-21-16(11-6-8-18-9-7-11)19-20-17(21)24-14-10-15(22)23-13-5-3-2-4-12(13)14/h2-10H,1H3. The van der Waals surface area contributed by atoms with Crippen LogP contribution in [0.1, 0.15) is 0 Å². The van der Waals surface area contributed by atoms with Gasteiger partial charge in [0, 0.05) is 41.4 Å². The van der Waals surface area contributed by atoms with E-state index in [1.165, 1.54) is 17.8 Å². The fourth-order valence-corrected chi connectivity index (χ4v) is 3.36.